The van der Waals surface area contributed by atoms with Crippen molar-refractivity contribution in [3.8, 4) is 0 Å². The molecule has 2 amide bonds. The van der Waals surface area contributed by atoms with E-state index in [1.165, 1.54) is 11.0 Å². The number of hydrogen-bond donors (Lipinski definition) is 1. The molecule has 1 aliphatic heterocycles. The summed E-state index contributed by atoms with van der Waals surface area (Å²) in [5, 5.41) is 2.83. The number of nitrogens with one attached hydrogen (secondary N) is 1. The molecule has 0 aliphatic carbocycles. The second-order valence-corrected chi connectivity index (χ2v) is 5.45. The van der Waals surface area contributed by atoms with E-state index in [9.17, 15) is 14.0 Å². The minimum atomic E-state index is -0.942. The van der Waals surface area contributed by atoms with Gasteiger partial charge in [0.05, 0.1) is 5.69 Å². The summed E-state index contributed by atoms with van der Waals surface area (Å²) >= 11 is 0. The summed E-state index contributed by atoms with van der Waals surface area (Å²) in [7, 11) is 0. The highest BCUT2D eigenvalue weighted by atomic mass is 19.1. The van der Waals surface area contributed by atoms with E-state index in [0.717, 1.165) is 0 Å². The Morgan fingerprint density at radius 1 is 1.29 bits per heavy atom. The van der Waals surface area contributed by atoms with Crippen LogP contribution in [-0.4, -0.2) is 23.9 Å². The zero-order chi connectivity index (χ0) is 15.6. The zero-order valence-electron chi connectivity index (χ0n) is 12.7. The van der Waals surface area contributed by atoms with E-state index in [4.69, 9.17) is 0 Å². The van der Waals surface area contributed by atoms with Gasteiger partial charge in [0.15, 0.2) is 0 Å². The van der Waals surface area contributed by atoms with E-state index in [1.807, 2.05) is 13.8 Å². The van der Waals surface area contributed by atoms with Crippen LogP contribution in [0.5, 0.6) is 0 Å². The van der Waals surface area contributed by atoms with Gasteiger partial charge in [-0.2, -0.15) is 0 Å². The summed E-state index contributed by atoms with van der Waals surface area (Å²) in [6, 6.07) is 4.73. The Kier molecular flexibility index (Phi) is 4.30. The van der Waals surface area contributed by atoms with Crippen LogP contribution >= 0.6 is 0 Å². The predicted molar refractivity (Wildman–Crippen MR) is 79.6 cm³/mol. The van der Waals surface area contributed by atoms with Crippen molar-refractivity contribution >= 4 is 17.5 Å². The first-order valence-electron chi connectivity index (χ1n) is 7.33. The van der Waals surface area contributed by atoms with Crippen molar-refractivity contribution in [2.24, 2.45) is 0 Å². The third-order valence-corrected chi connectivity index (χ3v) is 4.26. The topological polar surface area (TPSA) is 49.4 Å². The van der Waals surface area contributed by atoms with Crippen molar-refractivity contribution in [2.45, 2.75) is 45.6 Å². The highest BCUT2D eigenvalue weighted by Gasteiger charge is 2.43. The van der Waals surface area contributed by atoms with Crippen LogP contribution < -0.4 is 10.2 Å². The average Bonchev–Trinajstić information content (AvgIpc) is 2.58. The lowest BCUT2D eigenvalue weighted by atomic mass is 9.91. The van der Waals surface area contributed by atoms with Crippen LogP contribution in [0.3, 0.4) is 0 Å². The van der Waals surface area contributed by atoms with Gasteiger partial charge in [0.2, 0.25) is 5.91 Å². The molecule has 1 fully saturated rings. The molecule has 0 radical (unpaired) electrons. The first-order valence-corrected chi connectivity index (χ1v) is 7.33. The van der Waals surface area contributed by atoms with Gasteiger partial charge >= 0.3 is 0 Å². The summed E-state index contributed by atoms with van der Waals surface area (Å²) in [5.41, 5.74) is 0.0338. The van der Waals surface area contributed by atoms with Gasteiger partial charge in [0, 0.05) is 13.0 Å². The normalized spacial score (nSPS) is 18.4. The van der Waals surface area contributed by atoms with Gasteiger partial charge in [0.1, 0.15) is 11.4 Å². The van der Waals surface area contributed by atoms with E-state index >= 15 is 0 Å². The minimum Gasteiger partial charge on any atom is -0.342 e. The van der Waals surface area contributed by atoms with Crippen molar-refractivity contribution < 1.29 is 14.0 Å². The highest BCUT2D eigenvalue weighted by Crippen LogP contribution is 2.30. The third-order valence-electron chi connectivity index (χ3n) is 4.26. The number of carbonyl (C=O) groups is 2. The maximum Gasteiger partial charge on any atom is 0.252 e. The Bertz CT molecular complexity index is 547. The summed E-state index contributed by atoms with van der Waals surface area (Å²) in [4.78, 5) is 26.3. The molecule has 1 aliphatic rings. The average molecular weight is 292 g/mol. The Labute approximate surface area is 124 Å². The van der Waals surface area contributed by atoms with E-state index in [0.29, 0.717) is 18.4 Å². The van der Waals surface area contributed by atoms with Crippen LogP contribution in [0.15, 0.2) is 18.2 Å². The van der Waals surface area contributed by atoms with Gasteiger partial charge in [-0.15, -0.1) is 0 Å². The number of hydrogen-bond acceptors (Lipinski definition) is 2. The lowest BCUT2D eigenvalue weighted by molar-refractivity contribution is -0.130. The molecule has 2 rings (SSSR count). The summed E-state index contributed by atoms with van der Waals surface area (Å²) in [5.74, 6) is -0.825. The lowest BCUT2D eigenvalue weighted by Crippen LogP contribution is -2.56. The number of nitrogens with zero attached hydrogens (tertiary/aromatic N) is 1. The Morgan fingerprint density at radius 3 is 2.52 bits per heavy atom. The molecule has 1 N–H and O–H groups in total. The Morgan fingerprint density at radius 2 is 1.95 bits per heavy atom. The number of rotatable bonds is 3. The minimum absolute atomic E-state index is 0.163. The van der Waals surface area contributed by atoms with Crippen LogP contribution in [0.25, 0.3) is 0 Å². The number of benzene rings is 1. The third kappa shape index (κ3) is 2.64. The zero-order valence-corrected chi connectivity index (χ0v) is 12.7. The second-order valence-electron chi connectivity index (χ2n) is 5.45. The van der Waals surface area contributed by atoms with Crippen LogP contribution in [-0.2, 0) is 9.59 Å². The molecule has 4 nitrogen and oxygen atoms in total. The predicted octanol–water partition coefficient (Wildman–Crippen LogP) is 2.55. The first-order chi connectivity index (χ1) is 9.95. The smallest absolute Gasteiger partial charge is 0.252 e. The standard InChI is InChI=1S/C16H21FN2O2/c1-4-16(5-2)15(21)19(10-9-13(20)18-16)14-11(3)7-6-8-12(14)17/h6-8H,4-5,9-10H2,1-3H3,(H,18,20). The number of halogens is 1. The van der Waals surface area contributed by atoms with Gasteiger partial charge in [-0.25, -0.2) is 4.39 Å². The molecule has 1 aromatic carbocycles. The number of carbonyl (C=O) groups excluding carboxylic acids is 2. The van der Waals surface area contributed by atoms with Gasteiger partial charge in [0.25, 0.3) is 5.91 Å². The van der Waals surface area contributed by atoms with Crippen LogP contribution in [0, 0.1) is 12.7 Å². The van der Waals surface area contributed by atoms with E-state index in [-0.39, 0.29) is 30.5 Å². The fourth-order valence-electron chi connectivity index (χ4n) is 2.86. The van der Waals surface area contributed by atoms with Crippen molar-refractivity contribution in [3.63, 3.8) is 0 Å². The van der Waals surface area contributed by atoms with Crippen molar-refractivity contribution in [1.29, 1.82) is 0 Å². The molecule has 114 valence electrons. The maximum atomic E-state index is 14.2. The molecule has 1 heterocycles. The van der Waals surface area contributed by atoms with Crippen LogP contribution in [0.4, 0.5) is 10.1 Å². The quantitative estimate of drug-likeness (QED) is 0.930. The highest BCUT2D eigenvalue weighted by molar-refractivity contribution is 6.04. The lowest BCUT2D eigenvalue weighted by Gasteiger charge is -2.34. The molecule has 0 aromatic heterocycles. The van der Waals surface area contributed by atoms with Gasteiger partial charge in [-0.05, 0) is 31.4 Å². The van der Waals surface area contributed by atoms with Crippen LogP contribution in [0.2, 0.25) is 0 Å². The maximum absolute atomic E-state index is 14.2. The summed E-state index contributed by atoms with van der Waals surface area (Å²) in [6.45, 7) is 5.69. The fraction of sp³-hybridized carbons (Fsp3) is 0.500. The first kappa shape index (κ1) is 15.5. The van der Waals surface area contributed by atoms with E-state index in [2.05, 4.69) is 5.32 Å². The number of para-hydroxylation sites is 1. The molecule has 1 saturated heterocycles. The Hall–Kier alpha value is -1.91. The second kappa shape index (κ2) is 5.84. The van der Waals surface area contributed by atoms with Gasteiger partial charge in [-0.3, -0.25) is 9.59 Å². The Balaban J connectivity index is 2.52. The number of aryl methyl sites for hydroxylation is 1. The van der Waals surface area contributed by atoms with E-state index < -0.39 is 11.4 Å². The SMILES string of the molecule is CCC1(CC)NC(=O)CCN(c2c(C)cccc2F)C1=O. The summed E-state index contributed by atoms with van der Waals surface area (Å²) in [6.07, 6.45) is 1.15. The molecule has 0 saturated carbocycles. The molecule has 21 heavy (non-hydrogen) atoms. The van der Waals surface area contributed by atoms with Gasteiger partial charge in [-0.1, -0.05) is 26.0 Å². The number of amides is 2. The molecule has 0 unspecified atom stereocenters. The van der Waals surface area contributed by atoms with Crippen molar-refractivity contribution in [2.75, 3.05) is 11.4 Å². The van der Waals surface area contributed by atoms with Crippen molar-refractivity contribution in [1.82, 2.24) is 5.32 Å². The largest absolute Gasteiger partial charge is 0.342 e. The number of anilines is 1. The molecule has 0 atom stereocenters. The molecular weight excluding hydrogens is 271 g/mol. The molecular formula is C16H21FN2O2. The molecule has 1 aromatic rings. The molecule has 0 bridgehead atoms. The van der Waals surface area contributed by atoms with Crippen LogP contribution in [0.1, 0.15) is 38.7 Å². The fourth-order valence-corrected chi connectivity index (χ4v) is 2.86. The molecule has 5 heteroatoms. The van der Waals surface area contributed by atoms with Crippen molar-refractivity contribution in [3.05, 3.63) is 29.6 Å². The van der Waals surface area contributed by atoms with Gasteiger partial charge < -0.3 is 10.2 Å². The summed E-state index contributed by atoms with van der Waals surface area (Å²) < 4.78 is 14.2. The van der Waals surface area contributed by atoms with E-state index in [1.54, 1.807) is 19.1 Å². The molecule has 0 spiro atoms. The monoisotopic (exact) mass is 292 g/mol.